The van der Waals surface area contributed by atoms with Gasteiger partial charge in [-0.25, -0.2) is 0 Å². The number of nitrogens with zero attached hydrogens (tertiary/aromatic N) is 2. The second-order valence-corrected chi connectivity index (χ2v) is 3.54. The Morgan fingerprint density at radius 3 is 2.46 bits per heavy atom. The van der Waals surface area contributed by atoms with E-state index in [0.717, 1.165) is 37.9 Å². The van der Waals surface area contributed by atoms with Crippen molar-refractivity contribution in [3.8, 4) is 0 Å². The number of hydrogen-bond acceptors (Lipinski definition) is 1. The van der Waals surface area contributed by atoms with Crippen molar-refractivity contribution < 1.29 is 0 Å². The number of hydrogen-bond donors (Lipinski definition) is 0. The van der Waals surface area contributed by atoms with Gasteiger partial charge in [-0.1, -0.05) is 13.8 Å². The van der Waals surface area contributed by atoms with E-state index in [4.69, 9.17) is 0 Å². The van der Waals surface area contributed by atoms with E-state index >= 15 is 0 Å². The van der Waals surface area contributed by atoms with Crippen molar-refractivity contribution in [2.24, 2.45) is 0 Å². The van der Waals surface area contributed by atoms with E-state index in [1.165, 1.54) is 5.69 Å². The summed E-state index contributed by atoms with van der Waals surface area (Å²) in [6.45, 7) is 6.12. The molecule has 0 radical (unpaired) electrons. The summed E-state index contributed by atoms with van der Waals surface area (Å²) >= 11 is 0. The lowest BCUT2D eigenvalue weighted by molar-refractivity contribution is 0.573. The highest BCUT2D eigenvalue weighted by molar-refractivity contribution is 5.19. The zero-order valence-corrected chi connectivity index (χ0v) is 8.34. The van der Waals surface area contributed by atoms with Crippen LogP contribution in [0.15, 0.2) is 4.79 Å². The molecular formula is C10H16N2O. The summed E-state index contributed by atoms with van der Waals surface area (Å²) < 4.78 is 4.07. The minimum atomic E-state index is 0.247. The molecule has 0 aromatic carbocycles. The van der Waals surface area contributed by atoms with Gasteiger partial charge in [-0.05, 0) is 19.3 Å². The summed E-state index contributed by atoms with van der Waals surface area (Å²) in [7, 11) is 0. The zero-order valence-electron chi connectivity index (χ0n) is 8.34. The van der Waals surface area contributed by atoms with Crippen molar-refractivity contribution in [3.05, 3.63) is 21.6 Å². The second kappa shape index (κ2) is 3.05. The standard InChI is InChI=1S/C10H16N2O/c1-3-8-9(4-2)11-6-5-7-12(11)10(8)13/h3-7H2,1-2H3. The highest BCUT2D eigenvalue weighted by atomic mass is 16.1. The summed E-state index contributed by atoms with van der Waals surface area (Å²) in [6, 6.07) is 0. The van der Waals surface area contributed by atoms with Crippen molar-refractivity contribution in [1.29, 1.82) is 0 Å². The monoisotopic (exact) mass is 180 g/mol. The van der Waals surface area contributed by atoms with Crippen molar-refractivity contribution in [1.82, 2.24) is 9.36 Å². The van der Waals surface area contributed by atoms with Crippen molar-refractivity contribution in [2.45, 2.75) is 46.2 Å². The van der Waals surface area contributed by atoms with Crippen LogP contribution in [0.3, 0.4) is 0 Å². The van der Waals surface area contributed by atoms with Crippen LogP contribution in [0.2, 0.25) is 0 Å². The predicted octanol–water partition coefficient (Wildman–Crippen LogP) is 1.18. The SMILES string of the molecule is CCc1c(CC)n2n(c1=O)CCC2. The molecular weight excluding hydrogens is 164 g/mol. The van der Waals surface area contributed by atoms with Gasteiger partial charge in [0.05, 0.1) is 0 Å². The fourth-order valence-electron chi connectivity index (χ4n) is 2.29. The average molecular weight is 180 g/mol. The van der Waals surface area contributed by atoms with E-state index < -0.39 is 0 Å². The first-order chi connectivity index (χ1) is 6.29. The summed E-state index contributed by atoms with van der Waals surface area (Å²) in [4.78, 5) is 11.8. The van der Waals surface area contributed by atoms with Crippen molar-refractivity contribution in [3.63, 3.8) is 0 Å². The fourth-order valence-corrected chi connectivity index (χ4v) is 2.29. The van der Waals surface area contributed by atoms with E-state index in [1.807, 2.05) is 4.68 Å². The molecule has 0 aliphatic carbocycles. The Hall–Kier alpha value is -0.990. The molecule has 0 fully saturated rings. The summed E-state index contributed by atoms with van der Waals surface area (Å²) in [5.74, 6) is 0. The van der Waals surface area contributed by atoms with Gasteiger partial charge in [0, 0.05) is 24.3 Å². The molecule has 0 atom stereocenters. The Kier molecular flexibility index (Phi) is 2.02. The summed E-state index contributed by atoms with van der Waals surface area (Å²) in [6.07, 6.45) is 2.96. The van der Waals surface area contributed by atoms with E-state index in [9.17, 15) is 4.79 Å². The van der Waals surface area contributed by atoms with Crippen LogP contribution in [-0.4, -0.2) is 9.36 Å². The smallest absolute Gasteiger partial charge is 0.270 e. The van der Waals surface area contributed by atoms with Gasteiger partial charge in [-0.15, -0.1) is 0 Å². The molecule has 0 unspecified atom stereocenters. The molecule has 0 saturated heterocycles. The predicted molar refractivity (Wildman–Crippen MR) is 52.1 cm³/mol. The number of fused-ring (bicyclic) bond motifs is 1. The molecule has 72 valence electrons. The van der Waals surface area contributed by atoms with Crippen LogP contribution in [0.5, 0.6) is 0 Å². The lowest BCUT2D eigenvalue weighted by Crippen LogP contribution is -2.18. The van der Waals surface area contributed by atoms with Crippen molar-refractivity contribution >= 4 is 0 Å². The van der Waals surface area contributed by atoms with Crippen LogP contribution < -0.4 is 5.56 Å². The zero-order chi connectivity index (χ0) is 9.42. The van der Waals surface area contributed by atoms with Crippen LogP contribution >= 0.6 is 0 Å². The lowest BCUT2D eigenvalue weighted by Gasteiger charge is -2.03. The Morgan fingerprint density at radius 2 is 1.85 bits per heavy atom. The number of aromatic nitrogens is 2. The highest BCUT2D eigenvalue weighted by Gasteiger charge is 2.20. The first-order valence-electron chi connectivity index (χ1n) is 5.11. The fraction of sp³-hybridized carbons (Fsp3) is 0.700. The minimum absolute atomic E-state index is 0.247. The molecule has 1 aliphatic rings. The van der Waals surface area contributed by atoms with Gasteiger partial charge in [-0.3, -0.25) is 14.2 Å². The second-order valence-electron chi connectivity index (χ2n) is 3.54. The first kappa shape index (κ1) is 8.60. The molecule has 0 spiro atoms. The minimum Gasteiger partial charge on any atom is -0.286 e. The molecule has 1 aliphatic heterocycles. The largest absolute Gasteiger partial charge is 0.286 e. The van der Waals surface area contributed by atoms with Gasteiger partial charge < -0.3 is 0 Å². The highest BCUT2D eigenvalue weighted by Crippen LogP contribution is 2.14. The molecule has 1 aromatic heterocycles. The Bertz CT molecular complexity index is 373. The average Bonchev–Trinajstić information content (AvgIpc) is 2.67. The van der Waals surface area contributed by atoms with Crippen LogP contribution in [0.1, 0.15) is 31.5 Å². The van der Waals surface area contributed by atoms with Crippen LogP contribution in [0.25, 0.3) is 0 Å². The van der Waals surface area contributed by atoms with Gasteiger partial charge in [-0.2, -0.15) is 0 Å². The maximum atomic E-state index is 11.8. The van der Waals surface area contributed by atoms with Crippen molar-refractivity contribution in [2.75, 3.05) is 0 Å². The van der Waals surface area contributed by atoms with Crippen LogP contribution in [0.4, 0.5) is 0 Å². The van der Waals surface area contributed by atoms with Gasteiger partial charge in [0.25, 0.3) is 5.56 Å². The maximum absolute atomic E-state index is 11.8. The van der Waals surface area contributed by atoms with Gasteiger partial charge >= 0.3 is 0 Å². The van der Waals surface area contributed by atoms with Crippen LogP contribution in [-0.2, 0) is 25.9 Å². The molecule has 1 aromatic rings. The first-order valence-corrected chi connectivity index (χ1v) is 5.11. The lowest BCUT2D eigenvalue weighted by atomic mass is 10.1. The molecule has 0 saturated carbocycles. The molecule has 3 nitrogen and oxygen atoms in total. The molecule has 0 bridgehead atoms. The van der Waals surface area contributed by atoms with Gasteiger partial charge in [0.15, 0.2) is 0 Å². The summed E-state index contributed by atoms with van der Waals surface area (Å²) in [5, 5.41) is 0. The molecule has 2 rings (SSSR count). The number of rotatable bonds is 2. The molecule has 0 amide bonds. The topological polar surface area (TPSA) is 26.9 Å². The van der Waals surface area contributed by atoms with E-state index in [0.29, 0.717) is 0 Å². The van der Waals surface area contributed by atoms with E-state index in [2.05, 4.69) is 18.5 Å². The Labute approximate surface area is 78.0 Å². The Morgan fingerprint density at radius 1 is 1.15 bits per heavy atom. The molecule has 13 heavy (non-hydrogen) atoms. The third-order valence-corrected chi connectivity index (χ3v) is 2.87. The van der Waals surface area contributed by atoms with Gasteiger partial charge in [0.1, 0.15) is 0 Å². The quantitative estimate of drug-likeness (QED) is 0.671. The van der Waals surface area contributed by atoms with Crippen LogP contribution in [0, 0.1) is 0 Å². The van der Waals surface area contributed by atoms with E-state index in [1.54, 1.807) is 0 Å². The molecule has 2 heterocycles. The normalized spacial score (nSPS) is 14.9. The van der Waals surface area contributed by atoms with E-state index in [-0.39, 0.29) is 5.56 Å². The van der Waals surface area contributed by atoms with Gasteiger partial charge in [0.2, 0.25) is 0 Å². The third kappa shape index (κ3) is 1.06. The Balaban J connectivity index is 2.65. The third-order valence-electron chi connectivity index (χ3n) is 2.87. The molecule has 3 heteroatoms. The maximum Gasteiger partial charge on any atom is 0.270 e. The molecule has 0 N–H and O–H groups in total. The summed E-state index contributed by atoms with van der Waals surface area (Å²) in [5.41, 5.74) is 2.53.